The minimum absolute atomic E-state index is 0.0113. The molecule has 2 aromatic rings. The van der Waals surface area contributed by atoms with E-state index < -0.39 is 11.6 Å². The van der Waals surface area contributed by atoms with Gasteiger partial charge in [0, 0.05) is 32.1 Å². The number of benzene rings is 1. The van der Waals surface area contributed by atoms with Gasteiger partial charge < -0.3 is 14.8 Å². The van der Waals surface area contributed by atoms with Gasteiger partial charge in [-0.25, -0.2) is 8.78 Å². The zero-order valence-corrected chi connectivity index (χ0v) is 15.8. The van der Waals surface area contributed by atoms with Crippen LogP contribution in [0.3, 0.4) is 0 Å². The first-order valence-corrected chi connectivity index (χ1v) is 9.20. The third-order valence-corrected chi connectivity index (χ3v) is 4.81. The smallest absolute Gasteiger partial charge is 0.297 e. The number of hydrogen-bond donors (Lipinski definition) is 1. The molecule has 1 aliphatic carbocycles. The van der Waals surface area contributed by atoms with Crippen LogP contribution in [0.5, 0.6) is 6.01 Å². The summed E-state index contributed by atoms with van der Waals surface area (Å²) in [5.74, 6) is -1.88. The molecule has 1 aromatic heterocycles. The standard InChI is InChI=1S/C19H25F2N3O3/c1-11(22-12(2)25)10-26-13-4-6-14(7-5-13)27-19-23-17-8-15(20)16(21)9-18(17)24(19)3/h8-9,11,13-14H,4-7,10H2,1-3H3,(H,22,25)/t11-,13?,14?/m0/s1. The Morgan fingerprint density at radius 3 is 2.56 bits per heavy atom. The van der Waals surface area contributed by atoms with Crippen LogP contribution in [0.1, 0.15) is 39.5 Å². The van der Waals surface area contributed by atoms with Crippen molar-refractivity contribution >= 4 is 16.9 Å². The maximum Gasteiger partial charge on any atom is 0.297 e. The Labute approximate surface area is 156 Å². The lowest BCUT2D eigenvalue weighted by Gasteiger charge is -2.29. The van der Waals surface area contributed by atoms with Crippen molar-refractivity contribution in [2.24, 2.45) is 7.05 Å². The zero-order chi connectivity index (χ0) is 19.6. The second-order valence-corrected chi connectivity index (χ2v) is 7.16. The molecule has 0 radical (unpaired) electrons. The monoisotopic (exact) mass is 381 g/mol. The van der Waals surface area contributed by atoms with Crippen LogP contribution in [0, 0.1) is 11.6 Å². The predicted molar refractivity (Wildman–Crippen MR) is 96.5 cm³/mol. The van der Waals surface area contributed by atoms with Crippen molar-refractivity contribution in [3.63, 3.8) is 0 Å². The largest absolute Gasteiger partial charge is 0.461 e. The molecule has 3 rings (SSSR count). The van der Waals surface area contributed by atoms with Crippen LogP contribution in [0.15, 0.2) is 12.1 Å². The van der Waals surface area contributed by atoms with Crippen molar-refractivity contribution in [1.82, 2.24) is 14.9 Å². The van der Waals surface area contributed by atoms with Gasteiger partial charge in [-0.3, -0.25) is 9.36 Å². The summed E-state index contributed by atoms with van der Waals surface area (Å²) in [6.07, 6.45) is 3.46. The van der Waals surface area contributed by atoms with E-state index in [1.165, 1.54) is 6.92 Å². The fraction of sp³-hybridized carbons (Fsp3) is 0.579. The number of hydrogen-bond acceptors (Lipinski definition) is 4. The summed E-state index contributed by atoms with van der Waals surface area (Å²) >= 11 is 0. The van der Waals surface area contributed by atoms with E-state index in [1.807, 2.05) is 6.92 Å². The molecule has 148 valence electrons. The molecule has 0 unspecified atom stereocenters. The first-order chi connectivity index (χ1) is 12.8. The van der Waals surface area contributed by atoms with Gasteiger partial charge in [-0.05, 0) is 32.6 Å². The van der Waals surface area contributed by atoms with E-state index >= 15 is 0 Å². The SMILES string of the molecule is CC(=O)N[C@@H](C)COC1CCC(Oc2nc3cc(F)c(F)cc3n2C)CC1. The molecule has 1 aliphatic rings. The van der Waals surface area contributed by atoms with Gasteiger partial charge in [0.25, 0.3) is 6.01 Å². The zero-order valence-electron chi connectivity index (χ0n) is 15.8. The van der Waals surface area contributed by atoms with Crippen LogP contribution < -0.4 is 10.1 Å². The minimum Gasteiger partial charge on any atom is -0.461 e. The Balaban J connectivity index is 1.53. The van der Waals surface area contributed by atoms with Gasteiger partial charge in [0.15, 0.2) is 11.6 Å². The number of nitrogens with zero attached hydrogens (tertiary/aromatic N) is 2. The van der Waals surface area contributed by atoms with Gasteiger partial charge in [-0.2, -0.15) is 4.98 Å². The summed E-state index contributed by atoms with van der Waals surface area (Å²) < 4.78 is 40.3. The molecule has 1 amide bonds. The molecule has 1 N–H and O–H groups in total. The quantitative estimate of drug-likeness (QED) is 0.835. The van der Waals surface area contributed by atoms with E-state index in [9.17, 15) is 13.6 Å². The summed E-state index contributed by atoms with van der Waals surface area (Å²) in [6, 6.07) is 2.56. The Morgan fingerprint density at radius 1 is 1.26 bits per heavy atom. The number of aryl methyl sites for hydroxylation is 1. The number of carbonyl (C=O) groups is 1. The number of fused-ring (bicyclic) bond motifs is 1. The van der Waals surface area contributed by atoms with Crippen molar-refractivity contribution in [2.75, 3.05) is 6.61 Å². The maximum absolute atomic E-state index is 13.4. The van der Waals surface area contributed by atoms with Crippen LogP contribution in [-0.2, 0) is 16.6 Å². The summed E-state index contributed by atoms with van der Waals surface area (Å²) in [5, 5.41) is 2.80. The molecule has 0 bridgehead atoms. The maximum atomic E-state index is 13.4. The number of nitrogens with one attached hydrogen (secondary N) is 1. The lowest BCUT2D eigenvalue weighted by molar-refractivity contribution is -0.120. The Morgan fingerprint density at radius 2 is 1.89 bits per heavy atom. The fourth-order valence-corrected chi connectivity index (χ4v) is 3.41. The fourth-order valence-electron chi connectivity index (χ4n) is 3.41. The van der Waals surface area contributed by atoms with E-state index in [0.717, 1.165) is 37.8 Å². The molecule has 0 spiro atoms. The highest BCUT2D eigenvalue weighted by Crippen LogP contribution is 2.28. The molecule has 1 heterocycles. The summed E-state index contributed by atoms with van der Waals surface area (Å²) in [5.41, 5.74) is 0.864. The third-order valence-electron chi connectivity index (χ3n) is 4.81. The van der Waals surface area contributed by atoms with E-state index in [1.54, 1.807) is 11.6 Å². The molecular formula is C19H25F2N3O3. The highest BCUT2D eigenvalue weighted by atomic mass is 19.2. The van der Waals surface area contributed by atoms with Crippen LogP contribution in [0.4, 0.5) is 8.78 Å². The average Bonchev–Trinajstić information content (AvgIpc) is 2.89. The first kappa shape index (κ1) is 19.5. The minimum atomic E-state index is -0.918. The van der Waals surface area contributed by atoms with Gasteiger partial charge in [0.2, 0.25) is 5.91 Å². The number of aromatic nitrogens is 2. The Hall–Kier alpha value is -2.22. The molecule has 1 saturated carbocycles. The molecule has 1 atom stereocenters. The van der Waals surface area contributed by atoms with E-state index in [0.29, 0.717) is 23.7 Å². The van der Waals surface area contributed by atoms with Crippen LogP contribution in [-0.4, -0.2) is 40.3 Å². The van der Waals surface area contributed by atoms with Gasteiger partial charge in [-0.15, -0.1) is 0 Å². The molecule has 27 heavy (non-hydrogen) atoms. The average molecular weight is 381 g/mol. The number of halogens is 2. The second-order valence-electron chi connectivity index (χ2n) is 7.16. The Kier molecular flexibility index (Phi) is 5.94. The topological polar surface area (TPSA) is 65.4 Å². The third kappa shape index (κ3) is 4.74. The van der Waals surface area contributed by atoms with Crippen molar-refractivity contribution < 1.29 is 23.0 Å². The van der Waals surface area contributed by atoms with Crippen molar-refractivity contribution in [3.8, 4) is 6.01 Å². The predicted octanol–water partition coefficient (Wildman–Crippen LogP) is 3.08. The summed E-state index contributed by atoms with van der Waals surface area (Å²) in [4.78, 5) is 15.3. The van der Waals surface area contributed by atoms with Gasteiger partial charge >= 0.3 is 0 Å². The molecule has 1 aromatic carbocycles. The van der Waals surface area contributed by atoms with E-state index in [4.69, 9.17) is 9.47 Å². The lowest BCUT2D eigenvalue weighted by Crippen LogP contribution is -2.37. The molecule has 0 saturated heterocycles. The first-order valence-electron chi connectivity index (χ1n) is 9.20. The van der Waals surface area contributed by atoms with Gasteiger partial charge in [0.05, 0.1) is 23.7 Å². The number of rotatable bonds is 6. The van der Waals surface area contributed by atoms with Crippen LogP contribution in [0.2, 0.25) is 0 Å². The number of imidazole rings is 1. The van der Waals surface area contributed by atoms with E-state index in [-0.39, 0.29) is 24.2 Å². The van der Waals surface area contributed by atoms with Crippen molar-refractivity contribution in [1.29, 1.82) is 0 Å². The van der Waals surface area contributed by atoms with Crippen molar-refractivity contribution in [3.05, 3.63) is 23.8 Å². The summed E-state index contributed by atoms with van der Waals surface area (Å²) in [6.45, 7) is 3.88. The highest BCUT2D eigenvalue weighted by molar-refractivity contribution is 5.76. The highest BCUT2D eigenvalue weighted by Gasteiger charge is 2.25. The molecule has 6 nitrogen and oxygen atoms in total. The van der Waals surface area contributed by atoms with E-state index in [2.05, 4.69) is 10.3 Å². The summed E-state index contributed by atoms with van der Waals surface area (Å²) in [7, 11) is 1.72. The molecule has 0 aliphatic heterocycles. The molecule has 8 heteroatoms. The number of ether oxygens (including phenoxy) is 2. The van der Waals surface area contributed by atoms with Gasteiger partial charge in [0.1, 0.15) is 6.10 Å². The lowest BCUT2D eigenvalue weighted by atomic mass is 9.95. The van der Waals surface area contributed by atoms with Gasteiger partial charge in [-0.1, -0.05) is 0 Å². The normalized spacial score (nSPS) is 21.2. The number of carbonyl (C=O) groups excluding carboxylic acids is 1. The molecular weight excluding hydrogens is 356 g/mol. The number of amides is 1. The van der Waals surface area contributed by atoms with Crippen LogP contribution >= 0.6 is 0 Å². The van der Waals surface area contributed by atoms with Crippen molar-refractivity contribution in [2.45, 2.75) is 57.8 Å². The second kappa shape index (κ2) is 8.21. The van der Waals surface area contributed by atoms with Crippen LogP contribution in [0.25, 0.3) is 11.0 Å². The molecule has 1 fully saturated rings. The Bertz CT molecular complexity index is 816.